The highest BCUT2D eigenvalue weighted by Gasteiger charge is 2.22. The zero-order valence-electron chi connectivity index (χ0n) is 10.5. The van der Waals surface area contributed by atoms with E-state index in [1.807, 2.05) is 12.1 Å². The average Bonchev–Trinajstić information content (AvgIpc) is 2.40. The molecule has 0 saturated carbocycles. The fraction of sp³-hybridized carbons (Fsp3) is 0.462. The van der Waals surface area contributed by atoms with Gasteiger partial charge in [0.15, 0.2) is 0 Å². The minimum atomic E-state index is -0.119. The summed E-state index contributed by atoms with van der Waals surface area (Å²) in [5.41, 5.74) is 6.87. The third-order valence-electron chi connectivity index (χ3n) is 3.03. The first kappa shape index (κ1) is 13.3. The minimum Gasteiger partial charge on any atom is -0.497 e. The lowest BCUT2D eigenvalue weighted by molar-refractivity contribution is 0.00390. The van der Waals surface area contributed by atoms with Crippen molar-refractivity contribution >= 4 is 17.2 Å². The predicted octanol–water partition coefficient (Wildman–Crippen LogP) is 1.18. The van der Waals surface area contributed by atoms with Crippen LogP contribution in [0, 0.1) is 0 Å². The summed E-state index contributed by atoms with van der Waals surface area (Å²) in [5, 5.41) is 0. The van der Waals surface area contributed by atoms with Crippen LogP contribution in [0.25, 0.3) is 0 Å². The van der Waals surface area contributed by atoms with Crippen LogP contribution in [0.5, 0.6) is 5.75 Å². The van der Waals surface area contributed by atoms with E-state index >= 15 is 0 Å². The summed E-state index contributed by atoms with van der Waals surface area (Å²) in [6.45, 7) is 3.23. The summed E-state index contributed by atoms with van der Waals surface area (Å²) in [6.07, 6.45) is -0.119. The second kappa shape index (κ2) is 6.13. The molecule has 2 rings (SSSR count). The van der Waals surface area contributed by atoms with Crippen molar-refractivity contribution in [1.29, 1.82) is 0 Å². The summed E-state index contributed by atoms with van der Waals surface area (Å²) in [5.74, 6) is 0.877. The van der Waals surface area contributed by atoms with Gasteiger partial charge in [-0.3, -0.25) is 4.90 Å². The molecule has 1 aromatic rings. The van der Waals surface area contributed by atoms with Crippen molar-refractivity contribution in [3.8, 4) is 5.75 Å². The largest absolute Gasteiger partial charge is 0.497 e. The van der Waals surface area contributed by atoms with Crippen molar-refractivity contribution in [2.24, 2.45) is 5.73 Å². The molecule has 2 N–H and O–H groups in total. The fourth-order valence-corrected chi connectivity index (χ4v) is 2.15. The van der Waals surface area contributed by atoms with Gasteiger partial charge in [-0.1, -0.05) is 24.4 Å². The summed E-state index contributed by atoms with van der Waals surface area (Å²) in [7, 11) is 1.67. The lowest BCUT2D eigenvalue weighted by Crippen LogP contribution is -2.47. The van der Waals surface area contributed by atoms with Crippen LogP contribution in [0.4, 0.5) is 0 Å². The highest BCUT2D eigenvalue weighted by molar-refractivity contribution is 7.80. The third kappa shape index (κ3) is 3.41. The highest BCUT2D eigenvalue weighted by atomic mass is 32.1. The number of ether oxygens (including phenoxy) is 2. The number of nitrogens with zero attached hydrogens (tertiary/aromatic N) is 1. The van der Waals surface area contributed by atoms with Crippen LogP contribution in [-0.2, 0) is 11.3 Å². The molecule has 98 valence electrons. The molecule has 0 aromatic heterocycles. The van der Waals surface area contributed by atoms with Gasteiger partial charge in [0.05, 0.1) is 13.7 Å². The van der Waals surface area contributed by atoms with Crippen LogP contribution in [0.15, 0.2) is 24.3 Å². The maximum Gasteiger partial charge on any atom is 0.120 e. The van der Waals surface area contributed by atoms with Gasteiger partial charge >= 0.3 is 0 Å². The Morgan fingerprint density at radius 3 is 2.83 bits per heavy atom. The second-order valence-electron chi connectivity index (χ2n) is 4.34. The normalized spacial score (nSPS) is 20.6. The SMILES string of the molecule is COc1ccc(CN2CCOC(C(N)=S)C2)cc1. The summed E-state index contributed by atoms with van der Waals surface area (Å²) in [6, 6.07) is 8.09. The molecule has 1 saturated heterocycles. The summed E-state index contributed by atoms with van der Waals surface area (Å²) in [4.78, 5) is 2.74. The molecule has 1 aliphatic heterocycles. The minimum absolute atomic E-state index is 0.119. The van der Waals surface area contributed by atoms with E-state index in [1.54, 1.807) is 7.11 Å². The molecule has 0 amide bonds. The Labute approximate surface area is 113 Å². The van der Waals surface area contributed by atoms with Crippen molar-refractivity contribution in [3.63, 3.8) is 0 Å². The molecule has 0 radical (unpaired) electrons. The van der Waals surface area contributed by atoms with Gasteiger partial charge < -0.3 is 15.2 Å². The van der Waals surface area contributed by atoms with Gasteiger partial charge in [0.1, 0.15) is 16.8 Å². The molecule has 0 bridgehead atoms. The number of hydrogen-bond donors (Lipinski definition) is 1. The van der Waals surface area contributed by atoms with E-state index in [1.165, 1.54) is 5.56 Å². The highest BCUT2D eigenvalue weighted by Crippen LogP contribution is 2.15. The number of hydrogen-bond acceptors (Lipinski definition) is 4. The van der Waals surface area contributed by atoms with E-state index in [0.717, 1.165) is 25.4 Å². The molecule has 1 heterocycles. The second-order valence-corrected chi connectivity index (χ2v) is 4.82. The maximum absolute atomic E-state index is 5.62. The number of morpholine rings is 1. The van der Waals surface area contributed by atoms with Gasteiger partial charge in [-0.25, -0.2) is 0 Å². The smallest absolute Gasteiger partial charge is 0.120 e. The van der Waals surface area contributed by atoms with Gasteiger partial charge in [0.25, 0.3) is 0 Å². The van der Waals surface area contributed by atoms with Crippen molar-refractivity contribution in [2.75, 3.05) is 26.8 Å². The third-order valence-corrected chi connectivity index (χ3v) is 3.30. The fourth-order valence-electron chi connectivity index (χ4n) is 2.01. The lowest BCUT2D eigenvalue weighted by Gasteiger charge is -2.32. The van der Waals surface area contributed by atoms with Crippen LogP contribution >= 0.6 is 12.2 Å². The number of thiocarbonyl (C=S) groups is 1. The first-order chi connectivity index (χ1) is 8.69. The molecule has 0 spiro atoms. The molecule has 1 atom stereocenters. The molecule has 0 aliphatic carbocycles. The van der Waals surface area contributed by atoms with Crippen LogP contribution in [-0.4, -0.2) is 42.8 Å². The Balaban J connectivity index is 1.93. The van der Waals surface area contributed by atoms with Crippen molar-refractivity contribution in [1.82, 2.24) is 4.90 Å². The molecule has 1 fully saturated rings. The quantitative estimate of drug-likeness (QED) is 0.829. The lowest BCUT2D eigenvalue weighted by atomic mass is 10.2. The topological polar surface area (TPSA) is 47.7 Å². The van der Waals surface area contributed by atoms with Crippen molar-refractivity contribution in [3.05, 3.63) is 29.8 Å². The van der Waals surface area contributed by atoms with Gasteiger partial charge in [0.2, 0.25) is 0 Å². The van der Waals surface area contributed by atoms with E-state index in [-0.39, 0.29) is 6.10 Å². The average molecular weight is 266 g/mol. The monoisotopic (exact) mass is 266 g/mol. The van der Waals surface area contributed by atoms with Gasteiger partial charge in [-0.2, -0.15) is 0 Å². The van der Waals surface area contributed by atoms with E-state index in [9.17, 15) is 0 Å². The number of nitrogens with two attached hydrogens (primary N) is 1. The van der Waals surface area contributed by atoms with E-state index < -0.39 is 0 Å². The summed E-state index contributed by atoms with van der Waals surface area (Å²) < 4.78 is 10.7. The standard InChI is InChI=1S/C13H18N2O2S/c1-16-11-4-2-10(3-5-11)8-15-6-7-17-12(9-15)13(14)18/h2-5,12H,6-9H2,1H3,(H2,14,18). The molecule has 1 aromatic carbocycles. The van der Waals surface area contributed by atoms with E-state index in [0.29, 0.717) is 11.6 Å². The van der Waals surface area contributed by atoms with Crippen LogP contribution in [0.3, 0.4) is 0 Å². The molecular weight excluding hydrogens is 248 g/mol. The van der Waals surface area contributed by atoms with Crippen LogP contribution < -0.4 is 10.5 Å². The van der Waals surface area contributed by atoms with Gasteiger partial charge in [-0.15, -0.1) is 0 Å². The number of benzene rings is 1. The van der Waals surface area contributed by atoms with Gasteiger partial charge in [-0.05, 0) is 17.7 Å². The van der Waals surface area contributed by atoms with Crippen molar-refractivity contribution in [2.45, 2.75) is 12.6 Å². The van der Waals surface area contributed by atoms with E-state index in [2.05, 4.69) is 17.0 Å². The Morgan fingerprint density at radius 2 is 2.22 bits per heavy atom. The van der Waals surface area contributed by atoms with Crippen molar-refractivity contribution < 1.29 is 9.47 Å². The Hall–Kier alpha value is -1.17. The zero-order chi connectivity index (χ0) is 13.0. The maximum atomic E-state index is 5.62. The molecule has 1 aliphatic rings. The molecule has 4 nitrogen and oxygen atoms in total. The molecule has 5 heteroatoms. The predicted molar refractivity (Wildman–Crippen MR) is 74.8 cm³/mol. The van der Waals surface area contributed by atoms with E-state index in [4.69, 9.17) is 27.4 Å². The number of rotatable bonds is 4. The molecule has 1 unspecified atom stereocenters. The Bertz CT molecular complexity index is 408. The summed E-state index contributed by atoms with van der Waals surface area (Å²) >= 11 is 4.98. The first-order valence-electron chi connectivity index (χ1n) is 5.95. The van der Waals surface area contributed by atoms with Gasteiger partial charge in [0, 0.05) is 19.6 Å². The molecular formula is C13H18N2O2S. The van der Waals surface area contributed by atoms with Crippen LogP contribution in [0.2, 0.25) is 0 Å². The Kier molecular flexibility index (Phi) is 4.52. The first-order valence-corrected chi connectivity index (χ1v) is 6.36. The Morgan fingerprint density at radius 1 is 1.50 bits per heavy atom. The number of methoxy groups -OCH3 is 1. The zero-order valence-corrected chi connectivity index (χ0v) is 11.3. The van der Waals surface area contributed by atoms with Crippen LogP contribution in [0.1, 0.15) is 5.56 Å². The molecule has 18 heavy (non-hydrogen) atoms.